The van der Waals surface area contributed by atoms with Crippen LogP contribution in [0.3, 0.4) is 0 Å². The van der Waals surface area contributed by atoms with E-state index in [4.69, 9.17) is 0 Å². The maximum atomic E-state index is 12.3. The van der Waals surface area contributed by atoms with E-state index in [9.17, 15) is 8.78 Å². The van der Waals surface area contributed by atoms with E-state index in [1.807, 2.05) is 0 Å². The standard InChI is InChI=1S/C5H5F2IN2O/c1-5(6,7)2-3-9-4(8)10-11-3/h2H2,1H3. The van der Waals surface area contributed by atoms with Gasteiger partial charge in [0, 0.05) is 22.6 Å². The molecular formula is C5H5F2IN2O. The van der Waals surface area contributed by atoms with Crippen molar-refractivity contribution in [2.45, 2.75) is 19.3 Å². The SMILES string of the molecule is CC(F)(F)Cc1nc(I)no1. The summed E-state index contributed by atoms with van der Waals surface area (Å²) in [5.74, 6) is -2.81. The molecule has 0 spiro atoms. The van der Waals surface area contributed by atoms with Crippen molar-refractivity contribution in [3.63, 3.8) is 0 Å². The average molecular weight is 274 g/mol. The third-order valence-electron chi connectivity index (χ3n) is 0.905. The minimum absolute atomic E-state index is 0.0260. The fourth-order valence-electron chi connectivity index (χ4n) is 0.571. The molecule has 0 saturated carbocycles. The zero-order chi connectivity index (χ0) is 8.48. The lowest BCUT2D eigenvalue weighted by Gasteiger charge is -2.04. The largest absolute Gasteiger partial charge is 0.338 e. The fourth-order valence-corrected chi connectivity index (χ4v) is 0.939. The van der Waals surface area contributed by atoms with Gasteiger partial charge in [-0.25, -0.2) is 8.78 Å². The molecule has 0 aliphatic rings. The molecule has 0 N–H and O–H groups in total. The molecule has 0 aliphatic heterocycles. The Kier molecular flexibility index (Phi) is 2.40. The summed E-state index contributed by atoms with van der Waals surface area (Å²) in [5, 5.41) is 3.37. The van der Waals surface area contributed by atoms with Gasteiger partial charge in [0.25, 0.3) is 5.92 Å². The number of halogens is 3. The minimum atomic E-state index is -2.78. The molecule has 1 heterocycles. The Hall–Kier alpha value is -0.270. The van der Waals surface area contributed by atoms with Gasteiger partial charge in [-0.1, -0.05) is 5.16 Å². The lowest BCUT2D eigenvalue weighted by atomic mass is 10.3. The molecule has 0 saturated heterocycles. The second-order valence-electron chi connectivity index (χ2n) is 2.20. The van der Waals surface area contributed by atoms with Gasteiger partial charge in [-0.05, 0) is 6.92 Å². The Morgan fingerprint density at radius 2 is 2.27 bits per heavy atom. The van der Waals surface area contributed by atoms with Crippen molar-refractivity contribution in [1.82, 2.24) is 10.1 Å². The van der Waals surface area contributed by atoms with Gasteiger partial charge in [-0.15, -0.1) is 0 Å². The van der Waals surface area contributed by atoms with Crippen LogP contribution < -0.4 is 0 Å². The molecule has 0 aromatic carbocycles. The highest BCUT2D eigenvalue weighted by Crippen LogP contribution is 2.17. The maximum Gasteiger partial charge on any atom is 0.254 e. The maximum absolute atomic E-state index is 12.3. The van der Waals surface area contributed by atoms with Crippen molar-refractivity contribution >= 4 is 22.6 Å². The molecule has 3 nitrogen and oxygen atoms in total. The Bertz CT molecular complexity index is 245. The zero-order valence-electron chi connectivity index (χ0n) is 5.64. The van der Waals surface area contributed by atoms with Crippen LogP contribution in [0.5, 0.6) is 0 Å². The van der Waals surface area contributed by atoms with Crippen molar-refractivity contribution in [1.29, 1.82) is 0 Å². The molecule has 0 atom stereocenters. The van der Waals surface area contributed by atoms with E-state index in [0.29, 0.717) is 3.83 Å². The number of hydrogen-bond donors (Lipinski definition) is 0. The number of alkyl halides is 2. The predicted octanol–water partition coefficient (Wildman–Crippen LogP) is 1.87. The first-order chi connectivity index (χ1) is 4.97. The quantitative estimate of drug-likeness (QED) is 0.773. The third kappa shape index (κ3) is 3.08. The number of nitrogens with zero attached hydrogens (tertiary/aromatic N) is 2. The highest BCUT2D eigenvalue weighted by molar-refractivity contribution is 14.1. The summed E-state index contributed by atoms with van der Waals surface area (Å²) in [6.07, 6.45) is -0.497. The van der Waals surface area contributed by atoms with Gasteiger partial charge in [0.2, 0.25) is 9.72 Å². The lowest BCUT2D eigenvalue weighted by Crippen LogP contribution is -2.13. The second kappa shape index (κ2) is 3.00. The van der Waals surface area contributed by atoms with Gasteiger partial charge in [-0.2, -0.15) is 4.98 Å². The number of hydrogen-bond acceptors (Lipinski definition) is 3. The van der Waals surface area contributed by atoms with Gasteiger partial charge >= 0.3 is 0 Å². The third-order valence-corrected chi connectivity index (χ3v) is 1.34. The van der Waals surface area contributed by atoms with Gasteiger partial charge in [-0.3, -0.25) is 0 Å². The first-order valence-electron chi connectivity index (χ1n) is 2.83. The molecule has 0 amide bonds. The van der Waals surface area contributed by atoms with Crippen LogP contribution in [-0.2, 0) is 6.42 Å². The molecule has 0 unspecified atom stereocenters. The van der Waals surface area contributed by atoms with Crippen LogP contribution in [-0.4, -0.2) is 16.1 Å². The van der Waals surface area contributed by atoms with Crippen LogP contribution >= 0.6 is 22.6 Å². The van der Waals surface area contributed by atoms with E-state index in [1.165, 1.54) is 0 Å². The predicted molar refractivity (Wildman–Crippen MR) is 41.3 cm³/mol. The van der Waals surface area contributed by atoms with E-state index >= 15 is 0 Å². The second-order valence-corrected chi connectivity index (χ2v) is 3.17. The molecule has 1 rings (SSSR count). The molecule has 0 bridgehead atoms. The summed E-state index contributed by atoms with van der Waals surface area (Å²) in [6, 6.07) is 0. The topological polar surface area (TPSA) is 38.9 Å². The summed E-state index contributed by atoms with van der Waals surface area (Å²) >= 11 is 1.79. The average Bonchev–Trinajstić information content (AvgIpc) is 2.10. The van der Waals surface area contributed by atoms with Crippen LogP contribution in [0, 0.1) is 3.83 Å². The zero-order valence-corrected chi connectivity index (χ0v) is 7.80. The Morgan fingerprint density at radius 3 is 2.64 bits per heavy atom. The number of rotatable bonds is 2. The van der Waals surface area contributed by atoms with Crippen molar-refractivity contribution in [3.05, 3.63) is 9.72 Å². The van der Waals surface area contributed by atoms with Gasteiger partial charge < -0.3 is 4.52 Å². The first kappa shape index (κ1) is 8.82. The molecular weight excluding hydrogens is 269 g/mol. The molecule has 0 aliphatic carbocycles. The van der Waals surface area contributed by atoms with Crippen molar-refractivity contribution in [2.75, 3.05) is 0 Å². The summed E-state index contributed by atoms with van der Waals surface area (Å²) in [4.78, 5) is 3.62. The molecule has 1 aromatic rings. The van der Waals surface area contributed by atoms with E-state index in [-0.39, 0.29) is 5.89 Å². The Morgan fingerprint density at radius 1 is 1.64 bits per heavy atom. The van der Waals surface area contributed by atoms with Gasteiger partial charge in [0.05, 0.1) is 6.42 Å². The summed E-state index contributed by atoms with van der Waals surface area (Å²) in [5.41, 5.74) is 0. The van der Waals surface area contributed by atoms with E-state index in [1.54, 1.807) is 22.6 Å². The monoisotopic (exact) mass is 274 g/mol. The van der Waals surface area contributed by atoms with Crippen LogP contribution in [0.4, 0.5) is 8.78 Å². The minimum Gasteiger partial charge on any atom is -0.338 e. The number of aromatic nitrogens is 2. The first-order valence-corrected chi connectivity index (χ1v) is 3.91. The van der Waals surface area contributed by atoms with E-state index in [0.717, 1.165) is 6.92 Å². The molecule has 1 aromatic heterocycles. The van der Waals surface area contributed by atoms with Crippen LogP contribution in [0.1, 0.15) is 12.8 Å². The normalized spacial score (nSPS) is 12.0. The van der Waals surface area contributed by atoms with E-state index in [2.05, 4.69) is 14.7 Å². The molecule has 11 heavy (non-hydrogen) atoms. The Balaban J connectivity index is 2.65. The highest BCUT2D eigenvalue weighted by atomic mass is 127. The van der Waals surface area contributed by atoms with E-state index < -0.39 is 12.3 Å². The van der Waals surface area contributed by atoms with Crippen LogP contribution in [0.2, 0.25) is 0 Å². The highest BCUT2D eigenvalue weighted by Gasteiger charge is 2.25. The van der Waals surface area contributed by atoms with Crippen molar-refractivity contribution < 1.29 is 13.3 Å². The van der Waals surface area contributed by atoms with Gasteiger partial charge in [0.1, 0.15) is 0 Å². The summed E-state index contributed by atoms with van der Waals surface area (Å²) in [7, 11) is 0. The van der Waals surface area contributed by atoms with Crippen LogP contribution in [0.25, 0.3) is 0 Å². The molecule has 6 heteroatoms. The van der Waals surface area contributed by atoms with Crippen molar-refractivity contribution in [3.8, 4) is 0 Å². The molecule has 0 radical (unpaired) electrons. The molecule has 62 valence electrons. The Labute approximate surface area is 75.3 Å². The smallest absolute Gasteiger partial charge is 0.254 e. The summed E-state index contributed by atoms with van der Waals surface area (Å²) in [6.45, 7) is 0.810. The molecule has 0 fully saturated rings. The van der Waals surface area contributed by atoms with Crippen LogP contribution in [0.15, 0.2) is 4.52 Å². The van der Waals surface area contributed by atoms with Crippen molar-refractivity contribution in [2.24, 2.45) is 0 Å². The lowest BCUT2D eigenvalue weighted by molar-refractivity contribution is 0.0149. The fraction of sp³-hybridized carbons (Fsp3) is 0.600. The van der Waals surface area contributed by atoms with Gasteiger partial charge in [0.15, 0.2) is 0 Å². The summed E-state index contributed by atoms with van der Waals surface area (Å²) < 4.78 is 29.4.